The summed E-state index contributed by atoms with van der Waals surface area (Å²) in [6, 6.07) is 8.44. The van der Waals surface area contributed by atoms with Crippen molar-refractivity contribution in [1.82, 2.24) is 0 Å². The van der Waals surface area contributed by atoms with E-state index in [2.05, 4.69) is 0 Å². The highest BCUT2D eigenvalue weighted by Gasteiger charge is 2.33. The Bertz CT molecular complexity index is 807. The lowest BCUT2D eigenvalue weighted by Crippen LogP contribution is -2.04. The standard InChI is InChI=1S/C16H10O5/c1-19-16(18)9-4-2-3-8-14(9)10-5-12-13(21-7-20-12)6-11(10)15(8)17/h2-6H,7H2,1H3. The van der Waals surface area contributed by atoms with E-state index in [9.17, 15) is 9.59 Å². The first-order valence-corrected chi connectivity index (χ1v) is 6.40. The first kappa shape index (κ1) is 12.0. The second kappa shape index (κ2) is 4.09. The first-order chi connectivity index (χ1) is 10.2. The van der Waals surface area contributed by atoms with Crippen LogP contribution in [0.3, 0.4) is 0 Å². The third kappa shape index (κ3) is 1.51. The van der Waals surface area contributed by atoms with Crippen LogP contribution in [0.1, 0.15) is 26.3 Å². The van der Waals surface area contributed by atoms with E-state index in [0.717, 1.165) is 0 Å². The number of rotatable bonds is 1. The van der Waals surface area contributed by atoms with Gasteiger partial charge in [-0.2, -0.15) is 0 Å². The average molecular weight is 282 g/mol. The maximum atomic E-state index is 12.5. The molecule has 0 radical (unpaired) electrons. The van der Waals surface area contributed by atoms with Crippen LogP contribution in [0, 0.1) is 0 Å². The Kier molecular flexibility index (Phi) is 2.33. The van der Waals surface area contributed by atoms with Gasteiger partial charge in [-0.05, 0) is 23.8 Å². The van der Waals surface area contributed by atoms with Crippen LogP contribution in [0.15, 0.2) is 30.3 Å². The SMILES string of the molecule is COC(=O)c1cccc2c1-c1cc3c(cc1C2=O)OCO3. The quantitative estimate of drug-likeness (QED) is 0.641. The van der Waals surface area contributed by atoms with Crippen LogP contribution < -0.4 is 9.47 Å². The van der Waals surface area contributed by atoms with Crippen molar-refractivity contribution in [3.05, 3.63) is 47.0 Å². The number of ketones is 1. The summed E-state index contributed by atoms with van der Waals surface area (Å²) in [5, 5.41) is 0. The number of hydrogen-bond acceptors (Lipinski definition) is 5. The Labute approximate surface area is 120 Å². The summed E-state index contributed by atoms with van der Waals surface area (Å²) in [6.45, 7) is 0.137. The van der Waals surface area contributed by atoms with E-state index in [-0.39, 0.29) is 12.6 Å². The zero-order valence-electron chi connectivity index (χ0n) is 11.1. The smallest absolute Gasteiger partial charge is 0.338 e. The van der Waals surface area contributed by atoms with E-state index in [1.54, 1.807) is 30.3 Å². The molecule has 21 heavy (non-hydrogen) atoms. The van der Waals surface area contributed by atoms with Gasteiger partial charge in [-0.3, -0.25) is 4.79 Å². The van der Waals surface area contributed by atoms with Crippen LogP contribution in [0.2, 0.25) is 0 Å². The Morgan fingerprint density at radius 3 is 2.52 bits per heavy atom. The van der Waals surface area contributed by atoms with Gasteiger partial charge in [-0.15, -0.1) is 0 Å². The van der Waals surface area contributed by atoms with Crippen molar-refractivity contribution >= 4 is 11.8 Å². The van der Waals surface area contributed by atoms with Gasteiger partial charge in [0.05, 0.1) is 12.7 Å². The van der Waals surface area contributed by atoms with Crippen LogP contribution in [0.4, 0.5) is 0 Å². The number of fused-ring (bicyclic) bond motifs is 4. The van der Waals surface area contributed by atoms with Gasteiger partial charge in [0.15, 0.2) is 17.3 Å². The zero-order chi connectivity index (χ0) is 14.6. The molecule has 1 heterocycles. The second-order valence-electron chi connectivity index (χ2n) is 4.80. The summed E-state index contributed by atoms with van der Waals surface area (Å²) in [5.41, 5.74) is 2.67. The van der Waals surface area contributed by atoms with Gasteiger partial charge in [0.2, 0.25) is 6.79 Å². The molecule has 104 valence electrons. The molecule has 0 atom stereocenters. The highest BCUT2D eigenvalue weighted by Crippen LogP contribution is 2.45. The molecule has 4 rings (SSSR count). The number of methoxy groups -OCH3 is 1. The van der Waals surface area contributed by atoms with Gasteiger partial charge in [0.1, 0.15) is 0 Å². The summed E-state index contributed by atoms with van der Waals surface area (Å²) < 4.78 is 15.5. The molecule has 2 aromatic carbocycles. The third-order valence-corrected chi connectivity index (χ3v) is 3.74. The molecule has 5 heteroatoms. The first-order valence-electron chi connectivity index (χ1n) is 6.40. The predicted molar refractivity (Wildman–Crippen MR) is 72.8 cm³/mol. The van der Waals surface area contributed by atoms with Crippen LogP contribution in [-0.4, -0.2) is 25.7 Å². The van der Waals surface area contributed by atoms with Gasteiger partial charge in [0.25, 0.3) is 0 Å². The Morgan fingerprint density at radius 1 is 1.10 bits per heavy atom. The highest BCUT2D eigenvalue weighted by atomic mass is 16.7. The molecule has 1 aliphatic carbocycles. The molecule has 0 fully saturated rings. The van der Waals surface area contributed by atoms with E-state index < -0.39 is 5.97 Å². The Morgan fingerprint density at radius 2 is 1.81 bits per heavy atom. The van der Waals surface area contributed by atoms with Crippen LogP contribution in [-0.2, 0) is 4.74 Å². The summed E-state index contributed by atoms with van der Waals surface area (Å²) in [4.78, 5) is 24.4. The molecule has 5 nitrogen and oxygen atoms in total. The molecule has 0 saturated carbocycles. The number of hydrogen-bond donors (Lipinski definition) is 0. The summed E-state index contributed by atoms with van der Waals surface area (Å²) in [6.07, 6.45) is 0. The van der Waals surface area contributed by atoms with Gasteiger partial charge < -0.3 is 14.2 Å². The van der Waals surface area contributed by atoms with Crippen molar-refractivity contribution in [2.75, 3.05) is 13.9 Å². The van der Waals surface area contributed by atoms with Crippen LogP contribution in [0.25, 0.3) is 11.1 Å². The Hall–Kier alpha value is -2.82. The molecular weight excluding hydrogens is 272 g/mol. The largest absolute Gasteiger partial charge is 0.465 e. The van der Waals surface area contributed by atoms with Crippen molar-refractivity contribution in [3.63, 3.8) is 0 Å². The number of carbonyl (C=O) groups excluding carboxylic acids is 2. The number of carbonyl (C=O) groups is 2. The van der Waals surface area contributed by atoms with Crippen LogP contribution in [0.5, 0.6) is 11.5 Å². The minimum atomic E-state index is -0.467. The minimum absolute atomic E-state index is 0.121. The van der Waals surface area contributed by atoms with E-state index in [1.165, 1.54) is 7.11 Å². The van der Waals surface area contributed by atoms with Crippen molar-refractivity contribution in [1.29, 1.82) is 0 Å². The van der Waals surface area contributed by atoms with Gasteiger partial charge >= 0.3 is 5.97 Å². The molecule has 1 aliphatic heterocycles. The maximum Gasteiger partial charge on any atom is 0.338 e. The molecule has 0 N–H and O–H groups in total. The molecule has 0 spiro atoms. The fraction of sp³-hybridized carbons (Fsp3) is 0.125. The van der Waals surface area contributed by atoms with Crippen molar-refractivity contribution in [3.8, 4) is 22.6 Å². The molecule has 0 saturated heterocycles. The third-order valence-electron chi connectivity index (χ3n) is 3.74. The molecule has 2 aliphatic rings. The molecule has 0 unspecified atom stereocenters. The average Bonchev–Trinajstić information content (AvgIpc) is 3.08. The lowest BCUT2D eigenvalue weighted by Gasteiger charge is -2.07. The number of esters is 1. The molecular formula is C16H10O5. The van der Waals surface area contributed by atoms with Crippen molar-refractivity contribution < 1.29 is 23.8 Å². The summed E-state index contributed by atoms with van der Waals surface area (Å²) >= 11 is 0. The van der Waals surface area contributed by atoms with E-state index in [4.69, 9.17) is 14.2 Å². The van der Waals surface area contributed by atoms with Crippen molar-refractivity contribution in [2.24, 2.45) is 0 Å². The van der Waals surface area contributed by atoms with Crippen molar-refractivity contribution in [2.45, 2.75) is 0 Å². The van der Waals surface area contributed by atoms with E-state index >= 15 is 0 Å². The minimum Gasteiger partial charge on any atom is -0.465 e. The van der Waals surface area contributed by atoms with E-state index in [0.29, 0.717) is 39.3 Å². The molecule has 0 aromatic heterocycles. The second-order valence-corrected chi connectivity index (χ2v) is 4.80. The summed E-state index contributed by atoms with van der Waals surface area (Å²) in [5.74, 6) is 0.540. The molecule has 0 bridgehead atoms. The number of benzene rings is 2. The predicted octanol–water partition coefficient (Wildman–Crippen LogP) is 2.41. The number of ether oxygens (including phenoxy) is 3. The summed E-state index contributed by atoms with van der Waals surface area (Å²) in [7, 11) is 1.32. The lowest BCUT2D eigenvalue weighted by molar-refractivity contribution is 0.0601. The topological polar surface area (TPSA) is 61.8 Å². The van der Waals surface area contributed by atoms with Gasteiger partial charge in [-0.1, -0.05) is 12.1 Å². The molecule has 2 aromatic rings. The molecule has 0 amide bonds. The lowest BCUT2D eigenvalue weighted by atomic mass is 9.99. The van der Waals surface area contributed by atoms with Gasteiger partial charge in [0, 0.05) is 16.7 Å². The monoisotopic (exact) mass is 282 g/mol. The zero-order valence-corrected chi connectivity index (χ0v) is 11.1. The fourth-order valence-electron chi connectivity index (χ4n) is 2.79. The fourth-order valence-corrected chi connectivity index (χ4v) is 2.79. The van der Waals surface area contributed by atoms with Gasteiger partial charge in [-0.25, -0.2) is 4.79 Å². The highest BCUT2D eigenvalue weighted by molar-refractivity contribution is 6.24. The van der Waals surface area contributed by atoms with Crippen LogP contribution >= 0.6 is 0 Å². The Balaban J connectivity index is 2.02. The maximum absolute atomic E-state index is 12.5. The van der Waals surface area contributed by atoms with E-state index in [1.807, 2.05) is 0 Å². The normalized spacial score (nSPS) is 13.9.